The van der Waals surface area contributed by atoms with E-state index in [2.05, 4.69) is 15.3 Å². The Hall–Kier alpha value is -2.09. The fraction of sp³-hybridized carbons (Fsp3) is 0.688. The summed E-state index contributed by atoms with van der Waals surface area (Å²) in [6, 6.07) is -0.463. The minimum absolute atomic E-state index is 0.0498. The Balaban J connectivity index is 1.93. The Labute approximate surface area is 141 Å². The molecule has 0 aliphatic carbocycles. The van der Waals surface area contributed by atoms with Crippen LogP contribution in [-0.2, 0) is 20.7 Å². The number of aromatic amines is 1. The number of aromatic nitrogens is 2. The van der Waals surface area contributed by atoms with Gasteiger partial charge < -0.3 is 19.8 Å². The van der Waals surface area contributed by atoms with Crippen molar-refractivity contribution in [3.8, 4) is 0 Å². The summed E-state index contributed by atoms with van der Waals surface area (Å²) in [5.41, 5.74) is 0.269. The fourth-order valence-corrected chi connectivity index (χ4v) is 2.76. The van der Waals surface area contributed by atoms with Crippen LogP contribution in [0.25, 0.3) is 0 Å². The normalized spacial score (nSPS) is 19.8. The maximum atomic E-state index is 12.1. The smallest absolute Gasteiger partial charge is 0.407 e. The molecule has 2 atom stereocenters. The van der Waals surface area contributed by atoms with Crippen LogP contribution in [0.15, 0.2) is 12.5 Å². The van der Waals surface area contributed by atoms with Gasteiger partial charge in [0.15, 0.2) is 0 Å². The van der Waals surface area contributed by atoms with E-state index in [0.717, 1.165) is 12.1 Å². The number of carbonyl (C=O) groups is 2. The summed E-state index contributed by atoms with van der Waals surface area (Å²) in [7, 11) is 1.38. The highest BCUT2D eigenvalue weighted by Gasteiger charge is 2.34. The molecule has 1 fully saturated rings. The summed E-state index contributed by atoms with van der Waals surface area (Å²) in [4.78, 5) is 33.1. The molecule has 2 rings (SSSR count). The van der Waals surface area contributed by atoms with Gasteiger partial charge in [0.05, 0.1) is 19.1 Å². The lowest BCUT2D eigenvalue weighted by Gasteiger charge is -2.25. The predicted molar refractivity (Wildman–Crippen MR) is 87.4 cm³/mol. The van der Waals surface area contributed by atoms with Crippen LogP contribution >= 0.6 is 0 Å². The van der Waals surface area contributed by atoms with Crippen molar-refractivity contribution in [1.29, 1.82) is 0 Å². The van der Waals surface area contributed by atoms with E-state index < -0.39 is 17.7 Å². The zero-order chi connectivity index (χ0) is 17.7. The van der Waals surface area contributed by atoms with E-state index in [4.69, 9.17) is 9.47 Å². The molecule has 2 N–H and O–H groups in total. The van der Waals surface area contributed by atoms with E-state index in [1.807, 2.05) is 25.7 Å². The summed E-state index contributed by atoms with van der Waals surface area (Å²) in [5, 5.41) is 2.86. The molecule has 1 aliphatic rings. The number of likely N-dealkylation sites (tertiary alicyclic amines) is 1. The second-order valence-electron chi connectivity index (χ2n) is 6.93. The fourth-order valence-electron chi connectivity index (χ4n) is 2.76. The standard InChI is InChI=1S/C16H26N4O4/c1-16(2,3)24-15(22)19-11-5-6-20(9-11)13(14(21)23-4)7-12-8-17-10-18-12/h8,10-11,13H,5-7,9H2,1-4H3,(H,17,18)(H,19,22)/t11-,13?/m0/s1. The molecule has 2 heterocycles. The molecular formula is C16H26N4O4. The molecule has 0 spiro atoms. The predicted octanol–water partition coefficient (Wildman–Crippen LogP) is 1.09. The summed E-state index contributed by atoms with van der Waals surface area (Å²) in [5.74, 6) is -0.295. The van der Waals surface area contributed by atoms with Gasteiger partial charge in [-0.2, -0.15) is 0 Å². The summed E-state index contributed by atoms with van der Waals surface area (Å²) in [6.45, 7) is 6.74. The molecule has 1 aromatic rings. The lowest BCUT2D eigenvalue weighted by atomic mass is 10.1. The van der Waals surface area contributed by atoms with Crippen molar-refractivity contribution >= 4 is 12.1 Å². The van der Waals surface area contributed by atoms with Gasteiger partial charge in [-0.1, -0.05) is 0 Å². The largest absolute Gasteiger partial charge is 0.468 e. The number of carbonyl (C=O) groups excluding carboxylic acids is 2. The molecule has 0 saturated carbocycles. The zero-order valence-corrected chi connectivity index (χ0v) is 14.7. The van der Waals surface area contributed by atoms with Crippen LogP contribution in [0.2, 0.25) is 0 Å². The average Bonchev–Trinajstić information content (AvgIpc) is 3.13. The second kappa shape index (κ2) is 7.65. The minimum atomic E-state index is -0.531. The van der Waals surface area contributed by atoms with Gasteiger partial charge >= 0.3 is 12.1 Å². The molecular weight excluding hydrogens is 312 g/mol. The number of alkyl carbamates (subject to hydrolysis) is 1. The number of hydrogen-bond donors (Lipinski definition) is 2. The lowest BCUT2D eigenvalue weighted by Crippen LogP contribution is -2.45. The monoisotopic (exact) mass is 338 g/mol. The first kappa shape index (κ1) is 18.3. The van der Waals surface area contributed by atoms with E-state index in [1.165, 1.54) is 7.11 Å². The van der Waals surface area contributed by atoms with Gasteiger partial charge in [-0.25, -0.2) is 9.78 Å². The van der Waals surface area contributed by atoms with Crippen LogP contribution < -0.4 is 5.32 Å². The number of amides is 1. The maximum Gasteiger partial charge on any atom is 0.407 e. The molecule has 134 valence electrons. The number of H-pyrrole nitrogens is 1. The van der Waals surface area contributed by atoms with Crippen molar-refractivity contribution in [2.45, 2.75) is 51.3 Å². The third-order valence-corrected chi connectivity index (χ3v) is 3.81. The number of methoxy groups -OCH3 is 1. The van der Waals surface area contributed by atoms with E-state index >= 15 is 0 Å². The van der Waals surface area contributed by atoms with E-state index in [-0.39, 0.29) is 12.0 Å². The summed E-state index contributed by atoms with van der Waals surface area (Å²) >= 11 is 0. The molecule has 1 aliphatic heterocycles. The number of hydrogen-bond acceptors (Lipinski definition) is 6. The third kappa shape index (κ3) is 5.23. The zero-order valence-electron chi connectivity index (χ0n) is 14.7. The van der Waals surface area contributed by atoms with E-state index in [9.17, 15) is 9.59 Å². The van der Waals surface area contributed by atoms with Crippen LogP contribution in [-0.4, -0.2) is 64.8 Å². The molecule has 1 unspecified atom stereocenters. The van der Waals surface area contributed by atoms with Crippen molar-refractivity contribution in [1.82, 2.24) is 20.2 Å². The highest BCUT2D eigenvalue weighted by Crippen LogP contribution is 2.17. The third-order valence-electron chi connectivity index (χ3n) is 3.81. The van der Waals surface area contributed by atoms with E-state index in [0.29, 0.717) is 19.5 Å². The van der Waals surface area contributed by atoms with Gasteiger partial charge in [-0.05, 0) is 27.2 Å². The molecule has 8 heteroatoms. The highest BCUT2D eigenvalue weighted by atomic mass is 16.6. The number of imidazole rings is 1. The van der Waals surface area contributed by atoms with Gasteiger partial charge in [0.2, 0.25) is 0 Å². The Morgan fingerprint density at radius 3 is 2.83 bits per heavy atom. The van der Waals surface area contributed by atoms with Gasteiger partial charge in [0, 0.05) is 31.7 Å². The number of rotatable bonds is 5. The SMILES string of the molecule is COC(=O)C(Cc1c[nH]cn1)N1CC[C@H](NC(=O)OC(C)(C)C)C1. The summed E-state index contributed by atoms with van der Waals surface area (Å²) < 4.78 is 10.2. The minimum Gasteiger partial charge on any atom is -0.468 e. The highest BCUT2D eigenvalue weighted by molar-refractivity contribution is 5.76. The summed E-state index contributed by atoms with van der Waals surface area (Å²) in [6.07, 6.45) is 4.14. The van der Waals surface area contributed by atoms with Crippen LogP contribution in [0.4, 0.5) is 4.79 Å². The maximum absolute atomic E-state index is 12.1. The lowest BCUT2D eigenvalue weighted by molar-refractivity contribution is -0.146. The van der Waals surface area contributed by atoms with Crippen molar-refractivity contribution in [3.63, 3.8) is 0 Å². The van der Waals surface area contributed by atoms with Crippen molar-refractivity contribution in [2.75, 3.05) is 20.2 Å². The Morgan fingerprint density at radius 1 is 1.50 bits per heavy atom. The molecule has 1 saturated heterocycles. The number of nitrogens with one attached hydrogen (secondary N) is 2. The topological polar surface area (TPSA) is 96.5 Å². The van der Waals surface area contributed by atoms with Crippen molar-refractivity contribution in [3.05, 3.63) is 18.2 Å². The molecule has 0 bridgehead atoms. The quantitative estimate of drug-likeness (QED) is 0.780. The number of ether oxygens (including phenoxy) is 2. The average molecular weight is 338 g/mol. The second-order valence-corrected chi connectivity index (χ2v) is 6.93. The first-order valence-corrected chi connectivity index (χ1v) is 8.07. The molecule has 1 aromatic heterocycles. The molecule has 0 radical (unpaired) electrons. The molecule has 0 aromatic carbocycles. The molecule has 1 amide bonds. The number of nitrogens with zero attached hydrogens (tertiary/aromatic N) is 2. The number of esters is 1. The van der Waals surface area contributed by atoms with Crippen LogP contribution in [0.5, 0.6) is 0 Å². The van der Waals surface area contributed by atoms with Gasteiger partial charge in [-0.15, -0.1) is 0 Å². The Kier molecular flexibility index (Phi) is 5.82. The van der Waals surface area contributed by atoms with Gasteiger partial charge in [-0.3, -0.25) is 9.69 Å². The Bertz CT molecular complexity index is 553. The van der Waals surface area contributed by atoms with E-state index in [1.54, 1.807) is 12.5 Å². The van der Waals surface area contributed by atoms with Gasteiger partial charge in [0.1, 0.15) is 11.6 Å². The van der Waals surface area contributed by atoms with Crippen LogP contribution in [0.1, 0.15) is 32.9 Å². The van der Waals surface area contributed by atoms with Crippen molar-refractivity contribution in [2.24, 2.45) is 0 Å². The van der Waals surface area contributed by atoms with Crippen LogP contribution in [0.3, 0.4) is 0 Å². The Morgan fingerprint density at radius 2 is 2.25 bits per heavy atom. The first-order valence-electron chi connectivity index (χ1n) is 8.07. The molecule has 24 heavy (non-hydrogen) atoms. The molecule has 8 nitrogen and oxygen atoms in total. The van der Waals surface area contributed by atoms with Gasteiger partial charge in [0.25, 0.3) is 0 Å². The first-order chi connectivity index (χ1) is 11.3. The van der Waals surface area contributed by atoms with Crippen molar-refractivity contribution < 1.29 is 19.1 Å². The van der Waals surface area contributed by atoms with Crippen LogP contribution in [0, 0.1) is 0 Å².